The minimum atomic E-state index is 0. The van der Waals surface area contributed by atoms with Gasteiger partial charge in [0.05, 0.1) is 0 Å². The van der Waals surface area contributed by atoms with Gasteiger partial charge in [-0.25, -0.2) is 0 Å². The summed E-state index contributed by atoms with van der Waals surface area (Å²) in [4.78, 5) is 0. The maximum Gasteiger partial charge on any atom is 0 e. The van der Waals surface area contributed by atoms with Crippen LogP contribution in [0.2, 0.25) is 13.6 Å². The summed E-state index contributed by atoms with van der Waals surface area (Å²) in [7, 11) is 2.00. The molecule has 0 unspecified atom stereocenters. The van der Waals surface area contributed by atoms with Crippen molar-refractivity contribution in [1.82, 2.24) is 0 Å². The van der Waals surface area contributed by atoms with Crippen molar-refractivity contribution >= 4 is 7.28 Å². The second kappa shape index (κ2) is 135. The Hall–Kier alpha value is -0.312. The van der Waals surface area contributed by atoms with E-state index in [1.54, 1.807) is 0 Å². The van der Waals surface area contributed by atoms with Crippen molar-refractivity contribution in [3.63, 3.8) is 0 Å². The largest absolute Gasteiger partial charge is 0.345 e. The normalized spacial score (nSPS) is 3.00. The van der Waals surface area contributed by atoms with Gasteiger partial charge in [-0.2, -0.15) is 0 Å². The summed E-state index contributed by atoms with van der Waals surface area (Å²) in [6, 6.07) is 0. The summed E-state index contributed by atoms with van der Waals surface area (Å²) in [6.45, 7) is 4.00. The third-order valence-corrected chi connectivity index (χ3v) is 0. The van der Waals surface area contributed by atoms with Crippen LogP contribution in [-0.2, 0) is 19.5 Å². The molecule has 0 spiro atoms. The van der Waals surface area contributed by atoms with E-state index in [9.17, 15) is 0 Å². The Morgan fingerprint density at radius 1 is 1.17 bits per heavy atom. The van der Waals surface area contributed by atoms with Crippen LogP contribution in [0, 0.1) is 0 Å². The van der Waals surface area contributed by atoms with Crippen LogP contribution in [0.5, 0.6) is 0 Å². The van der Waals surface area contributed by atoms with E-state index >= 15 is 0 Å². The molecule has 0 aromatic heterocycles. The SMILES string of the molecule is C.C[B-]C.[Rf].[Rh]. The molecule has 0 amide bonds. The van der Waals surface area contributed by atoms with Crippen molar-refractivity contribution in [2.24, 2.45) is 0 Å². The summed E-state index contributed by atoms with van der Waals surface area (Å²) in [5, 5.41) is 0. The Bertz CT molecular complexity index is 10.8. The Labute approximate surface area is 48.3 Å². The van der Waals surface area contributed by atoms with Crippen molar-refractivity contribution in [1.29, 1.82) is 0 Å². The van der Waals surface area contributed by atoms with Gasteiger partial charge in [-0.15, -0.1) is 0 Å². The third kappa shape index (κ3) is 274. The number of rotatable bonds is 0. The van der Waals surface area contributed by atoms with Crippen LogP contribution in [-0.4, -0.2) is 7.28 Å². The fourth-order valence-electron chi connectivity index (χ4n) is 0. The average Bonchev–Trinajstić information content (AvgIpc) is 0.918. The standard InChI is InChI=1S/C2H6B.CH4.Rf.Rh/c1-3-2;;;/h1-2H3;1H4;;/q-1;;;. The topological polar surface area (TPSA) is 0 Å². The summed E-state index contributed by atoms with van der Waals surface area (Å²) in [5.41, 5.74) is 0. The predicted octanol–water partition coefficient (Wildman–Crippen LogP) is 1.42. The molecular weight excluding hydrogens is 417 g/mol. The van der Waals surface area contributed by atoms with E-state index in [2.05, 4.69) is 0 Å². The monoisotopic (exact) mass is 427 g/mol. The smallest absolute Gasteiger partial charge is 0 e. The van der Waals surface area contributed by atoms with Gasteiger partial charge in [-0.3, -0.25) is 13.6 Å². The van der Waals surface area contributed by atoms with E-state index in [-0.39, 0.29) is 26.9 Å². The average molecular weight is 427 g/mol. The van der Waals surface area contributed by atoms with Gasteiger partial charge < -0.3 is 7.28 Å². The molecule has 0 atom stereocenters. The molecule has 0 fully saturated rings. The minimum Gasteiger partial charge on any atom is -0.345 e. The fraction of sp³-hybridized carbons (Fsp3) is 1.00. The Balaban J connectivity index is -0.00000000667. The molecule has 0 bridgehead atoms. The molecule has 3 heteroatoms. The van der Waals surface area contributed by atoms with E-state index in [4.69, 9.17) is 0 Å². The number of hydrogen-bond acceptors (Lipinski definition) is 0. The minimum absolute atomic E-state index is 0. The predicted molar refractivity (Wildman–Crippen MR) is 24.2 cm³/mol. The molecule has 0 N–H and O–H groups in total. The van der Waals surface area contributed by atoms with Gasteiger partial charge in [0.2, 0.25) is 0 Å². The molecule has 3 radical (unpaired) electrons. The van der Waals surface area contributed by atoms with E-state index in [0.29, 0.717) is 0 Å². The fourth-order valence-corrected chi connectivity index (χ4v) is 0. The zero-order valence-corrected chi connectivity index (χ0v) is 11.7. The molecule has 0 saturated carbocycles. The summed E-state index contributed by atoms with van der Waals surface area (Å²) < 4.78 is 0. The zero-order valence-electron chi connectivity index (χ0n) is 3.62. The zero-order chi connectivity index (χ0) is 2.71. The quantitative estimate of drug-likeness (QED) is 0.514. The number of hydrogen-bond donors (Lipinski definition) is 0. The molecular formula is C3H10BRfRh-. The Kier molecular flexibility index (Phi) is 984. The molecule has 37 valence electrons. The first-order valence-electron chi connectivity index (χ1n) is 1.15. The second-order valence-corrected chi connectivity index (χ2v) is 0.577. The van der Waals surface area contributed by atoms with Crippen LogP contribution in [0.4, 0.5) is 0 Å². The van der Waals surface area contributed by atoms with E-state index in [0.717, 1.165) is 0 Å². The van der Waals surface area contributed by atoms with Crippen LogP contribution in [0.25, 0.3) is 0 Å². The summed E-state index contributed by atoms with van der Waals surface area (Å²) >= 11 is 0. The van der Waals surface area contributed by atoms with Gasteiger partial charge in [0.25, 0.3) is 0 Å². The summed E-state index contributed by atoms with van der Waals surface area (Å²) in [5.74, 6) is 0. The second-order valence-electron chi connectivity index (χ2n) is 0.577. The maximum atomic E-state index is 2.00. The third-order valence-electron chi connectivity index (χ3n) is 0. The van der Waals surface area contributed by atoms with Gasteiger partial charge in [0.1, 0.15) is 0 Å². The van der Waals surface area contributed by atoms with Crippen LogP contribution < -0.4 is 0 Å². The molecule has 0 heterocycles. The van der Waals surface area contributed by atoms with Gasteiger partial charge in [0, 0.05) is 19.5 Å². The molecule has 6 heavy (non-hydrogen) atoms. The molecule has 0 aromatic carbocycles. The van der Waals surface area contributed by atoms with Gasteiger partial charge in [-0.1, -0.05) is 7.43 Å². The van der Waals surface area contributed by atoms with Crippen molar-refractivity contribution in [3.8, 4) is 0 Å². The first kappa shape index (κ1) is 43.9. The van der Waals surface area contributed by atoms with E-state index in [1.807, 2.05) is 20.9 Å². The van der Waals surface area contributed by atoms with Crippen molar-refractivity contribution < 1.29 is 19.5 Å². The molecule has 0 saturated heterocycles. The summed E-state index contributed by atoms with van der Waals surface area (Å²) in [6.07, 6.45) is 0. The molecule has 0 aliphatic carbocycles. The first-order valence-corrected chi connectivity index (χ1v) is 1.15. The van der Waals surface area contributed by atoms with Crippen LogP contribution in [0.1, 0.15) is 7.43 Å². The van der Waals surface area contributed by atoms with Crippen molar-refractivity contribution in [2.45, 2.75) is 21.1 Å². The van der Waals surface area contributed by atoms with Gasteiger partial charge in [-0.05, 0) is 0 Å². The van der Waals surface area contributed by atoms with Crippen LogP contribution in [0.3, 0.4) is 0 Å². The molecule has 0 aliphatic rings. The van der Waals surface area contributed by atoms with Gasteiger partial charge >= 0.3 is 0 Å². The maximum absolute atomic E-state index is 2.00. The molecule has 0 aliphatic heterocycles. The molecule has 0 aromatic rings. The molecule has 0 nitrogen and oxygen atoms in total. The van der Waals surface area contributed by atoms with Crippen LogP contribution in [0.15, 0.2) is 0 Å². The van der Waals surface area contributed by atoms with Crippen molar-refractivity contribution in [3.05, 3.63) is 0 Å². The van der Waals surface area contributed by atoms with Crippen LogP contribution >= 0.6 is 0 Å². The Morgan fingerprint density at radius 2 is 1.17 bits per heavy atom. The Morgan fingerprint density at radius 3 is 1.17 bits per heavy atom. The molecule has 0 rings (SSSR count). The van der Waals surface area contributed by atoms with Crippen molar-refractivity contribution in [2.75, 3.05) is 0 Å². The van der Waals surface area contributed by atoms with Gasteiger partial charge in [0.15, 0.2) is 0 Å². The first-order chi connectivity index (χ1) is 1.41. The van der Waals surface area contributed by atoms with E-state index in [1.165, 1.54) is 0 Å². The van der Waals surface area contributed by atoms with E-state index < -0.39 is 0 Å².